The van der Waals surface area contributed by atoms with Crippen LogP contribution in [0.15, 0.2) is 30.3 Å². The monoisotopic (exact) mass is 326 g/mol. The number of hydrogen-bond donors (Lipinski definition) is 1. The van der Waals surface area contributed by atoms with E-state index in [0.717, 1.165) is 38.3 Å². The molecular formula is C19H22N2O3. The van der Waals surface area contributed by atoms with Gasteiger partial charge in [0.2, 0.25) is 5.91 Å². The first kappa shape index (κ1) is 14.3. The number of likely N-dealkylation sites (tertiary alicyclic amines) is 1. The standard InChI is InChI=1S/C19H22N2O3/c22-16(13-8-18(9-13)12-24-17(23)20-18)21-7-6-15-10-19(15,11-21)14-4-2-1-3-5-14/h1-5,13,15H,6-12H2,(H,20,23)/t13?,15?,18?,19-/m1/s1. The fraction of sp³-hybridized carbons (Fsp3) is 0.579. The number of rotatable bonds is 2. The van der Waals surface area contributed by atoms with Crippen LogP contribution in [-0.4, -0.2) is 42.1 Å². The second-order valence-electron chi connectivity index (χ2n) is 8.06. The van der Waals surface area contributed by atoms with E-state index in [2.05, 4.69) is 40.5 Å². The number of cyclic esters (lactones) is 1. The third-order valence-electron chi connectivity index (χ3n) is 6.58. The Labute approximate surface area is 141 Å². The second-order valence-corrected chi connectivity index (χ2v) is 8.06. The summed E-state index contributed by atoms with van der Waals surface area (Å²) in [7, 11) is 0. The third kappa shape index (κ3) is 2.00. The van der Waals surface area contributed by atoms with Gasteiger partial charge in [-0.15, -0.1) is 0 Å². The number of carbonyl (C=O) groups excluding carboxylic acids is 2. The van der Waals surface area contributed by atoms with Crippen molar-refractivity contribution in [1.82, 2.24) is 10.2 Å². The lowest BCUT2D eigenvalue weighted by Gasteiger charge is -2.45. The Morgan fingerprint density at radius 2 is 2.00 bits per heavy atom. The molecule has 4 aliphatic rings. The molecule has 5 nitrogen and oxygen atoms in total. The molecule has 126 valence electrons. The molecule has 2 heterocycles. The minimum absolute atomic E-state index is 0.0372. The predicted molar refractivity (Wildman–Crippen MR) is 87.4 cm³/mol. The van der Waals surface area contributed by atoms with E-state index in [0.29, 0.717) is 6.61 Å². The molecule has 1 aromatic rings. The van der Waals surface area contributed by atoms with Crippen molar-refractivity contribution in [3.63, 3.8) is 0 Å². The number of fused-ring (bicyclic) bond motifs is 1. The van der Waals surface area contributed by atoms with E-state index in [1.807, 2.05) is 0 Å². The summed E-state index contributed by atoms with van der Waals surface area (Å²) in [6.45, 7) is 2.14. The van der Waals surface area contributed by atoms with Gasteiger partial charge in [0.1, 0.15) is 6.61 Å². The Morgan fingerprint density at radius 3 is 2.71 bits per heavy atom. The highest BCUT2D eigenvalue weighted by Crippen LogP contribution is 2.59. The zero-order valence-electron chi connectivity index (χ0n) is 13.7. The summed E-state index contributed by atoms with van der Waals surface area (Å²) >= 11 is 0. The highest BCUT2D eigenvalue weighted by molar-refractivity contribution is 5.82. The molecule has 2 atom stereocenters. The maximum atomic E-state index is 12.9. The van der Waals surface area contributed by atoms with Crippen LogP contribution in [0.3, 0.4) is 0 Å². The average Bonchev–Trinajstić information content (AvgIpc) is 3.20. The molecule has 1 N–H and O–H groups in total. The Morgan fingerprint density at radius 1 is 1.21 bits per heavy atom. The van der Waals surface area contributed by atoms with Gasteiger partial charge < -0.3 is 15.0 Å². The van der Waals surface area contributed by atoms with E-state index in [1.165, 1.54) is 12.0 Å². The summed E-state index contributed by atoms with van der Waals surface area (Å²) in [6.07, 6.45) is 3.41. The quantitative estimate of drug-likeness (QED) is 0.905. The molecule has 0 bridgehead atoms. The van der Waals surface area contributed by atoms with Gasteiger partial charge in [0.15, 0.2) is 0 Å². The summed E-state index contributed by atoms with van der Waals surface area (Å²) < 4.78 is 5.01. The van der Waals surface area contributed by atoms with E-state index in [-0.39, 0.29) is 28.9 Å². The third-order valence-corrected chi connectivity index (χ3v) is 6.58. The van der Waals surface area contributed by atoms with Gasteiger partial charge >= 0.3 is 6.09 Å². The number of alkyl carbamates (subject to hydrolysis) is 1. The molecule has 0 aromatic heterocycles. The van der Waals surface area contributed by atoms with Crippen LogP contribution in [0.25, 0.3) is 0 Å². The van der Waals surface area contributed by atoms with Crippen LogP contribution in [0.5, 0.6) is 0 Å². The number of benzene rings is 1. The smallest absolute Gasteiger partial charge is 0.407 e. The number of amides is 2. The molecule has 2 saturated carbocycles. The maximum absolute atomic E-state index is 12.9. The Hall–Kier alpha value is -2.04. The van der Waals surface area contributed by atoms with Crippen molar-refractivity contribution in [2.45, 2.75) is 36.6 Å². The molecule has 1 unspecified atom stereocenters. The number of nitrogens with one attached hydrogen (secondary N) is 1. The molecule has 1 aromatic carbocycles. The van der Waals surface area contributed by atoms with E-state index >= 15 is 0 Å². The zero-order chi connectivity index (χ0) is 16.4. The molecule has 5 rings (SSSR count). The van der Waals surface area contributed by atoms with Gasteiger partial charge in [-0.05, 0) is 37.2 Å². The summed E-state index contributed by atoms with van der Waals surface area (Å²) in [5.74, 6) is 1.04. The Bertz CT molecular complexity index is 698. The van der Waals surface area contributed by atoms with Gasteiger partial charge in [0.05, 0.1) is 5.54 Å². The topological polar surface area (TPSA) is 58.6 Å². The van der Waals surface area contributed by atoms with Crippen molar-refractivity contribution in [1.29, 1.82) is 0 Å². The van der Waals surface area contributed by atoms with Crippen LogP contribution in [0.4, 0.5) is 4.79 Å². The number of ether oxygens (including phenoxy) is 1. The van der Waals surface area contributed by atoms with Crippen molar-refractivity contribution in [3.05, 3.63) is 35.9 Å². The molecule has 2 aliphatic heterocycles. The zero-order valence-corrected chi connectivity index (χ0v) is 13.7. The molecule has 2 aliphatic carbocycles. The number of piperidine rings is 1. The fourth-order valence-corrected chi connectivity index (χ4v) is 5.12. The molecule has 5 heteroatoms. The van der Waals surface area contributed by atoms with E-state index in [9.17, 15) is 9.59 Å². The van der Waals surface area contributed by atoms with Crippen molar-refractivity contribution in [3.8, 4) is 0 Å². The SMILES string of the molecule is O=C1NC2(CO1)CC(C(=O)N1CCC3C[C@]3(c3ccccc3)C1)C2. The minimum Gasteiger partial charge on any atom is -0.447 e. The largest absolute Gasteiger partial charge is 0.447 e. The van der Waals surface area contributed by atoms with Crippen LogP contribution < -0.4 is 5.32 Å². The fourth-order valence-electron chi connectivity index (χ4n) is 5.12. The van der Waals surface area contributed by atoms with Crippen molar-refractivity contribution < 1.29 is 14.3 Å². The maximum Gasteiger partial charge on any atom is 0.407 e. The van der Waals surface area contributed by atoms with Crippen LogP contribution in [0.2, 0.25) is 0 Å². The van der Waals surface area contributed by atoms with E-state index in [1.54, 1.807) is 0 Å². The summed E-state index contributed by atoms with van der Waals surface area (Å²) in [6, 6.07) is 10.7. The molecule has 0 radical (unpaired) electrons. The Kier molecular flexibility index (Phi) is 2.83. The molecule has 4 fully saturated rings. The van der Waals surface area contributed by atoms with E-state index in [4.69, 9.17) is 4.74 Å². The highest BCUT2D eigenvalue weighted by Gasteiger charge is 2.60. The molecule has 2 saturated heterocycles. The number of carbonyl (C=O) groups is 2. The first-order valence-corrected chi connectivity index (χ1v) is 8.90. The first-order valence-electron chi connectivity index (χ1n) is 8.90. The van der Waals surface area contributed by atoms with Crippen LogP contribution >= 0.6 is 0 Å². The van der Waals surface area contributed by atoms with Crippen molar-refractivity contribution in [2.75, 3.05) is 19.7 Å². The van der Waals surface area contributed by atoms with Crippen LogP contribution in [0, 0.1) is 11.8 Å². The molecular weight excluding hydrogens is 304 g/mol. The number of hydrogen-bond acceptors (Lipinski definition) is 3. The van der Waals surface area contributed by atoms with Crippen LogP contribution in [0.1, 0.15) is 31.2 Å². The lowest BCUT2D eigenvalue weighted by Crippen LogP contribution is -2.59. The van der Waals surface area contributed by atoms with E-state index < -0.39 is 0 Å². The molecule has 2 amide bonds. The van der Waals surface area contributed by atoms with Crippen LogP contribution in [-0.2, 0) is 14.9 Å². The van der Waals surface area contributed by atoms with Gasteiger partial charge in [0, 0.05) is 24.4 Å². The van der Waals surface area contributed by atoms with Gasteiger partial charge in [-0.2, -0.15) is 0 Å². The lowest BCUT2D eigenvalue weighted by molar-refractivity contribution is -0.142. The minimum atomic E-state index is -0.345. The molecule has 24 heavy (non-hydrogen) atoms. The number of nitrogens with zero attached hydrogens (tertiary/aromatic N) is 1. The lowest BCUT2D eigenvalue weighted by atomic mass is 9.68. The highest BCUT2D eigenvalue weighted by atomic mass is 16.6. The average molecular weight is 326 g/mol. The van der Waals surface area contributed by atoms with Gasteiger partial charge in [-0.3, -0.25) is 4.79 Å². The predicted octanol–water partition coefficient (Wildman–Crippen LogP) is 2.07. The van der Waals surface area contributed by atoms with Gasteiger partial charge in [-0.1, -0.05) is 30.3 Å². The summed E-state index contributed by atoms with van der Waals surface area (Å²) in [5, 5.41) is 2.87. The Balaban J connectivity index is 1.27. The van der Waals surface area contributed by atoms with Gasteiger partial charge in [0.25, 0.3) is 0 Å². The molecule has 1 spiro atoms. The normalized spacial score (nSPS) is 39.7. The van der Waals surface area contributed by atoms with Crippen molar-refractivity contribution >= 4 is 12.0 Å². The first-order chi connectivity index (χ1) is 11.6. The summed E-state index contributed by atoms with van der Waals surface area (Å²) in [4.78, 5) is 26.2. The second kappa shape index (κ2) is 4.74. The van der Waals surface area contributed by atoms with Crippen molar-refractivity contribution in [2.24, 2.45) is 11.8 Å². The van der Waals surface area contributed by atoms with Gasteiger partial charge in [-0.25, -0.2) is 4.79 Å². The summed E-state index contributed by atoms with van der Waals surface area (Å²) in [5.41, 5.74) is 1.31.